The summed E-state index contributed by atoms with van der Waals surface area (Å²) in [7, 11) is 0. The maximum Gasteiger partial charge on any atom is 0.303 e. The third-order valence-corrected chi connectivity index (χ3v) is 5.40. The van der Waals surface area contributed by atoms with E-state index < -0.39 is 5.97 Å². The van der Waals surface area contributed by atoms with Gasteiger partial charge in [0.2, 0.25) is 11.8 Å². The van der Waals surface area contributed by atoms with Gasteiger partial charge < -0.3 is 5.11 Å². The Bertz CT molecular complexity index is 444. The molecule has 3 fully saturated rings. The number of hydrogen-bond acceptors (Lipinski definition) is 3. The fraction of sp³-hybridized carbons (Fsp3) is 0.800. The van der Waals surface area contributed by atoms with Gasteiger partial charge in [-0.2, -0.15) is 0 Å². The van der Waals surface area contributed by atoms with E-state index in [0.717, 1.165) is 32.1 Å². The summed E-state index contributed by atoms with van der Waals surface area (Å²) in [5.41, 5.74) is -0.360. The zero-order valence-corrected chi connectivity index (χ0v) is 11.8. The minimum absolute atomic E-state index is 0.0546. The second kappa shape index (κ2) is 4.57. The van der Waals surface area contributed by atoms with Crippen molar-refractivity contribution in [2.45, 2.75) is 45.4 Å². The summed E-state index contributed by atoms with van der Waals surface area (Å²) in [5, 5.41) is 9.03. The van der Waals surface area contributed by atoms with Crippen LogP contribution in [0.5, 0.6) is 0 Å². The fourth-order valence-electron chi connectivity index (χ4n) is 4.23. The van der Waals surface area contributed by atoms with Crippen LogP contribution in [0.15, 0.2) is 0 Å². The van der Waals surface area contributed by atoms with Crippen LogP contribution in [0.3, 0.4) is 0 Å². The lowest BCUT2D eigenvalue weighted by molar-refractivity contribution is -0.149. The van der Waals surface area contributed by atoms with Crippen LogP contribution in [0.4, 0.5) is 0 Å². The summed E-state index contributed by atoms with van der Waals surface area (Å²) >= 11 is 0. The van der Waals surface area contributed by atoms with Gasteiger partial charge in [-0.3, -0.25) is 19.3 Å². The molecule has 1 saturated heterocycles. The lowest BCUT2D eigenvalue weighted by Gasteiger charge is -2.43. The van der Waals surface area contributed by atoms with Gasteiger partial charge in [-0.25, -0.2) is 0 Å². The Hall–Kier alpha value is -1.39. The van der Waals surface area contributed by atoms with Crippen LogP contribution in [0.1, 0.15) is 45.4 Å². The average Bonchev–Trinajstić information content (AvgIpc) is 2.80. The van der Waals surface area contributed by atoms with E-state index in [0.29, 0.717) is 12.5 Å². The van der Waals surface area contributed by atoms with Gasteiger partial charge in [-0.15, -0.1) is 0 Å². The second-order valence-electron chi connectivity index (χ2n) is 6.98. The molecule has 110 valence electrons. The number of nitrogens with zero attached hydrogens (tertiary/aromatic N) is 1. The van der Waals surface area contributed by atoms with Gasteiger partial charge in [0.25, 0.3) is 0 Å². The smallest absolute Gasteiger partial charge is 0.303 e. The second-order valence-corrected chi connectivity index (χ2v) is 6.98. The van der Waals surface area contributed by atoms with E-state index in [9.17, 15) is 14.4 Å². The van der Waals surface area contributed by atoms with Crippen LogP contribution in [0, 0.1) is 23.2 Å². The summed E-state index contributed by atoms with van der Waals surface area (Å²) in [6.07, 6.45) is 4.28. The molecular weight excluding hydrogens is 258 g/mol. The molecule has 3 rings (SSSR count). The monoisotopic (exact) mass is 279 g/mol. The van der Waals surface area contributed by atoms with Gasteiger partial charge in [0, 0.05) is 6.54 Å². The lowest BCUT2D eigenvalue weighted by atomic mass is 9.66. The number of amides is 2. The highest BCUT2D eigenvalue weighted by atomic mass is 16.4. The van der Waals surface area contributed by atoms with Gasteiger partial charge in [0.1, 0.15) is 0 Å². The number of carboxylic acid groups (broad SMARTS) is 1. The highest BCUT2D eigenvalue weighted by Crippen LogP contribution is 2.48. The number of carboxylic acids is 1. The van der Waals surface area contributed by atoms with Crippen molar-refractivity contribution >= 4 is 17.8 Å². The normalized spacial score (nSPS) is 35.0. The molecule has 0 spiro atoms. The highest BCUT2D eigenvalue weighted by Gasteiger charge is 2.54. The molecule has 0 radical (unpaired) electrons. The van der Waals surface area contributed by atoms with Crippen molar-refractivity contribution in [1.82, 2.24) is 4.90 Å². The minimum atomic E-state index is -0.836. The first kappa shape index (κ1) is 13.6. The Morgan fingerprint density at radius 1 is 1.25 bits per heavy atom. The van der Waals surface area contributed by atoms with E-state index in [2.05, 4.69) is 6.92 Å². The number of aliphatic carboxylic acids is 1. The van der Waals surface area contributed by atoms with E-state index >= 15 is 0 Å². The van der Waals surface area contributed by atoms with E-state index in [-0.39, 0.29) is 35.5 Å². The minimum Gasteiger partial charge on any atom is -0.481 e. The molecule has 2 aliphatic carbocycles. The Morgan fingerprint density at radius 2 is 1.80 bits per heavy atom. The first-order chi connectivity index (χ1) is 9.42. The van der Waals surface area contributed by atoms with E-state index in [1.807, 2.05) is 0 Å². The number of imide groups is 1. The van der Waals surface area contributed by atoms with Crippen molar-refractivity contribution in [3.63, 3.8) is 0 Å². The molecule has 0 aromatic heterocycles. The maximum atomic E-state index is 12.4. The van der Waals surface area contributed by atoms with Crippen molar-refractivity contribution in [3.05, 3.63) is 0 Å². The third-order valence-electron chi connectivity index (χ3n) is 5.40. The van der Waals surface area contributed by atoms with Gasteiger partial charge in [-0.1, -0.05) is 13.3 Å². The van der Waals surface area contributed by atoms with Crippen LogP contribution in [0.2, 0.25) is 0 Å². The summed E-state index contributed by atoms with van der Waals surface area (Å²) in [5.74, 6) is -0.782. The van der Waals surface area contributed by atoms with Gasteiger partial charge in [-0.05, 0) is 37.0 Å². The molecule has 1 N–H and O–H groups in total. The lowest BCUT2D eigenvalue weighted by Crippen LogP contribution is -2.46. The van der Waals surface area contributed by atoms with E-state index in [1.54, 1.807) is 0 Å². The molecule has 5 heteroatoms. The number of rotatable bonds is 4. The first-order valence-electron chi connectivity index (χ1n) is 7.49. The Morgan fingerprint density at radius 3 is 2.20 bits per heavy atom. The summed E-state index contributed by atoms with van der Waals surface area (Å²) < 4.78 is 0. The Balaban J connectivity index is 1.74. The molecule has 20 heavy (non-hydrogen) atoms. The molecule has 2 atom stereocenters. The fourth-order valence-corrected chi connectivity index (χ4v) is 4.23. The molecule has 2 amide bonds. The van der Waals surface area contributed by atoms with Crippen LogP contribution in [-0.2, 0) is 14.4 Å². The number of carbonyl (C=O) groups is 3. The quantitative estimate of drug-likeness (QED) is 0.794. The number of hydrogen-bond donors (Lipinski definition) is 1. The molecular formula is C15H21NO4. The molecule has 0 aromatic carbocycles. The van der Waals surface area contributed by atoms with E-state index in [1.165, 1.54) is 4.90 Å². The van der Waals surface area contributed by atoms with E-state index in [4.69, 9.17) is 5.11 Å². The van der Waals surface area contributed by atoms with Crippen molar-refractivity contribution in [1.29, 1.82) is 0 Å². The molecule has 0 aromatic rings. The largest absolute Gasteiger partial charge is 0.481 e. The van der Waals surface area contributed by atoms with Gasteiger partial charge in [0.05, 0.1) is 18.3 Å². The molecule has 2 saturated carbocycles. The number of carbonyl (C=O) groups excluding carboxylic acids is 2. The summed E-state index contributed by atoms with van der Waals surface area (Å²) in [6.45, 7) is 2.40. The molecule has 5 nitrogen and oxygen atoms in total. The standard InChI is InChI=1S/C15H21NO4/c1-9-5-10-11(6-9)14(20)16(13(10)19)8-15(3-2-4-15)7-12(17)18/h9-11H,2-8H2,1H3,(H,17,18). The third kappa shape index (κ3) is 2.03. The molecule has 3 aliphatic rings. The van der Waals surface area contributed by atoms with Crippen molar-refractivity contribution in [3.8, 4) is 0 Å². The number of fused-ring (bicyclic) bond motifs is 1. The summed E-state index contributed by atoms with van der Waals surface area (Å²) in [6, 6.07) is 0. The highest BCUT2D eigenvalue weighted by molar-refractivity contribution is 6.05. The van der Waals surface area contributed by atoms with Crippen LogP contribution in [-0.4, -0.2) is 34.3 Å². The Kier molecular flexibility index (Phi) is 3.10. The van der Waals surface area contributed by atoms with Gasteiger partial charge in [0.15, 0.2) is 0 Å². The SMILES string of the molecule is CC1CC2C(=O)N(CC3(CC(=O)O)CCC3)C(=O)C2C1. The topological polar surface area (TPSA) is 74.7 Å². The average molecular weight is 279 g/mol. The molecule has 1 aliphatic heterocycles. The predicted molar refractivity (Wildman–Crippen MR) is 70.6 cm³/mol. The maximum absolute atomic E-state index is 12.4. The summed E-state index contributed by atoms with van der Waals surface area (Å²) in [4.78, 5) is 37.2. The first-order valence-corrected chi connectivity index (χ1v) is 7.49. The van der Waals surface area contributed by atoms with Crippen molar-refractivity contribution in [2.24, 2.45) is 23.2 Å². The molecule has 0 bridgehead atoms. The van der Waals surface area contributed by atoms with Crippen LogP contribution < -0.4 is 0 Å². The van der Waals surface area contributed by atoms with Crippen molar-refractivity contribution < 1.29 is 19.5 Å². The molecule has 1 heterocycles. The number of likely N-dealkylation sites (tertiary alicyclic amines) is 1. The molecule has 2 unspecified atom stereocenters. The zero-order chi connectivity index (χ0) is 14.5. The zero-order valence-electron chi connectivity index (χ0n) is 11.8. The van der Waals surface area contributed by atoms with Crippen LogP contribution >= 0.6 is 0 Å². The van der Waals surface area contributed by atoms with Crippen molar-refractivity contribution in [2.75, 3.05) is 6.54 Å². The Labute approximate surface area is 118 Å². The van der Waals surface area contributed by atoms with Gasteiger partial charge >= 0.3 is 5.97 Å². The van der Waals surface area contributed by atoms with Crippen LogP contribution in [0.25, 0.3) is 0 Å². The predicted octanol–water partition coefficient (Wildman–Crippen LogP) is 1.66.